The van der Waals surface area contributed by atoms with E-state index < -0.39 is 48.6 Å². The van der Waals surface area contributed by atoms with E-state index in [0.29, 0.717) is 0 Å². The van der Waals surface area contributed by atoms with Gasteiger partial charge < -0.3 is 20.1 Å². The number of rotatable bonds is 5. The molecule has 1 heterocycles. The number of amides is 2. The molecule has 34 heavy (non-hydrogen) atoms. The van der Waals surface area contributed by atoms with Crippen molar-refractivity contribution in [2.45, 2.75) is 31.5 Å². The Morgan fingerprint density at radius 3 is 2.18 bits per heavy atom. The van der Waals surface area contributed by atoms with Gasteiger partial charge in [-0.15, -0.1) is 0 Å². The van der Waals surface area contributed by atoms with Crippen molar-refractivity contribution in [2.75, 3.05) is 19.7 Å². The lowest BCUT2D eigenvalue weighted by atomic mass is 9.86. The number of nitrogens with zero attached hydrogens (tertiary/aromatic N) is 1. The molecule has 1 unspecified atom stereocenters. The first kappa shape index (κ1) is 23.6. The van der Waals surface area contributed by atoms with Crippen LogP contribution in [0.1, 0.15) is 30.4 Å². The first-order valence-corrected chi connectivity index (χ1v) is 10.8. The number of benzene rings is 2. The van der Waals surface area contributed by atoms with Crippen molar-refractivity contribution in [1.29, 1.82) is 0 Å². The number of nitrogens with one attached hydrogen (secondary N) is 1. The highest BCUT2D eigenvalue weighted by molar-refractivity contribution is 5.87. The molecule has 1 saturated heterocycles. The average molecular weight is 476 g/mol. The van der Waals surface area contributed by atoms with Crippen LogP contribution in [-0.2, 0) is 14.3 Å². The first-order chi connectivity index (χ1) is 16.0. The van der Waals surface area contributed by atoms with Crippen molar-refractivity contribution in [1.82, 2.24) is 10.2 Å². The minimum atomic E-state index is -5.00. The molecule has 0 spiro atoms. The highest BCUT2D eigenvalue weighted by Gasteiger charge is 2.64. The number of halogens is 3. The Morgan fingerprint density at radius 1 is 1.12 bits per heavy atom. The summed E-state index contributed by atoms with van der Waals surface area (Å²) in [5.74, 6) is -3.01. The van der Waals surface area contributed by atoms with Crippen LogP contribution in [0.2, 0.25) is 0 Å². The zero-order valence-corrected chi connectivity index (χ0v) is 18.3. The number of hydrogen-bond donors (Lipinski definition) is 2. The first-order valence-electron chi connectivity index (χ1n) is 10.8. The van der Waals surface area contributed by atoms with Crippen molar-refractivity contribution in [3.05, 3.63) is 59.7 Å². The monoisotopic (exact) mass is 476 g/mol. The molecular formula is C24H23F3N2O5. The van der Waals surface area contributed by atoms with Crippen LogP contribution < -0.4 is 5.32 Å². The third kappa shape index (κ3) is 3.97. The van der Waals surface area contributed by atoms with Crippen LogP contribution in [0.25, 0.3) is 11.1 Å². The molecule has 0 aromatic heterocycles. The highest BCUT2D eigenvalue weighted by Crippen LogP contribution is 2.46. The van der Waals surface area contributed by atoms with Crippen molar-refractivity contribution in [3.8, 4) is 11.1 Å². The predicted molar refractivity (Wildman–Crippen MR) is 115 cm³/mol. The Labute approximate surface area is 193 Å². The van der Waals surface area contributed by atoms with E-state index in [4.69, 9.17) is 9.84 Å². The Bertz CT molecular complexity index is 1090. The van der Waals surface area contributed by atoms with E-state index in [1.807, 2.05) is 48.5 Å². The highest BCUT2D eigenvalue weighted by atomic mass is 19.4. The van der Waals surface area contributed by atoms with Gasteiger partial charge in [0.15, 0.2) is 5.41 Å². The third-order valence-corrected chi connectivity index (χ3v) is 6.58. The molecular weight excluding hydrogens is 453 g/mol. The molecule has 0 radical (unpaired) electrons. The van der Waals surface area contributed by atoms with Gasteiger partial charge in [0.2, 0.25) is 5.91 Å². The van der Waals surface area contributed by atoms with Gasteiger partial charge in [0.25, 0.3) is 0 Å². The van der Waals surface area contributed by atoms with Gasteiger partial charge in [0.1, 0.15) is 12.6 Å². The maximum Gasteiger partial charge on any atom is 0.407 e. The van der Waals surface area contributed by atoms with E-state index in [-0.39, 0.29) is 19.1 Å². The lowest BCUT2D eigenvalue weighted by Crippen LogP contribution is -2.50. The minimum absolute atomic E-state index is 0.0146. The molecule has 1 aliphatic heterocycles. The summed E-state index contributed by atoms with van der Waals surface area (Å²) in [6, 6.07) is 14.3. The van der Waals surface area contributed by atoms with Gasteiger partial charge in [0.05, 0.1) is 0 Å². The largest absolute Gasteiger partial charge is 0.481 e. The minimum Gasteiger partial charge on any atom is -0.481 e. The molecule has 10 heteroatoms. The maximum absolute atomic E-state index is 13.4. The second-order valence-corrected chi connectivity index (χ2v) is 8.59. The van der Waals surface area contributed by atoms with E-state index in [2.05, 4.69) is 5.32 Å². The molecule has 4 rings (SSSR count). The van der Waals surface area contributed by atoms with Gasteiger partial charge in [-0.3, -0.25) is 9.59 Å². The number of alkyl carbamates (subject to hydrolysis) is 1. The zero-order chi connectivity index (χ0) is 24.7. The fourth-order valence-corrected chi connectivity index (χ4v) is 4.68. The Hall–Kier alpha value is -3.56. The number of fused-ring (bicyclic) bond motifs is 3. The number of aliphatic carboxylic acids is 1. The van der Waals surface area contributed by atoms with Gasteiger partial charge >= 0.3 is 18.2 Å². The van der Waals surface area contributed by atoms with Crippen molar-refractivity contribution in [3.63, 3.8) is 0 Å². The number of carboxylic acids is 1. The Morgan fingerprint density at radius 2 is 1.68 bits per heavy atom. The van der Waals surface area contributed by atoms with Crippen molar-refractivity contribution in [2.24, 2.45) is 5.41 Å². The van der Waals surface area contributed by atoms with E-state index in [9.17, 15) is 27.6 Å². The smallest absolute Gasteiger partial charge is 0.407 e. The number of carbonyl (C=O) groups excluding carboxylic acids is 2. The van der Waals surface area contributed by atoms with E-state index in [1.165, 1.54) is 6.92 Å². The molecule has 1 aliphatic carbocycles. The quantitative estimate of drug-likeness (QED) is 0.685. The second-order valence-electron chi connectivity index (χ2n) is 8.59. The molecule has 1 fully saturated rings. The van der Waals surface area contributed by atoms with Crippen LogP contribution >= 0.6 is 0 Å². The van der Waals surface area contributed by atoms with Crippen LogP contribution in [0.5, 0.6) is 0 Å². The topological polar surface area (TPSA) is 95.9 Å². The Balaban J connectivity index is 1.37. The lowest BCUT2D eigenvalue weighted by Gasteiger charge is -2.28. The van der Waals surface area contributed by atoms with Crippen LogP contribution in [0.3, 0.4) is 0 Å². The molecule has 2 aromatic carbocycles. The van der Waals surface area contributed by atoms with Gasteiger partial charge in [-0.05, 0) is 35.6 Å². The van der Waals surface area contributed by atoms with E-state index in [1.54, 1.807) is 0 Å². The lowest BCUT2D eigenvalue weighted by molar-refractivity contribution is -0.227. The normalized spacial score (nSPS) is 20.4. The summed E-state index contributed by atoms with van der Waals surface area (Å²) in [6.45, 7) is -0.0401. The summed E-state index contributed by atoms with van der Waals surface area (Å²) in [7, 11) is 0. The summed E-state index contributed by atoms with van der Waals surface area (Å²) in [5, 5.41) is 11.5. The SMILES string of the molecule is C[C@H](NC(=O)OCC1c2ccccc2-c2ccccc21)C(=O)N1CCC(C(=O)O)(C(F)(F)F)C1. The molecule has 0 saturated carbocycles. The molecule has 2 atom stereocenters. The summed E-state index contributed by atoms with van der Waals surface area (Å²) in [6.07, 6.45) is -6.63. The van der Waals surface area contributed by atoms with Crippen molar-refractivity contribution >= 4 is 18.0 Å². The van der Waals surface area contributed by atoms with Gasteiger partial charge in [0, 0.05) is 19.0 Å². The fourth-order valence-electron chi connectivity index (χ4n) is 4.68. The number of hydrogen-bond acceptors (Lipinski definition) is 4. The predicted octanol–water partition coefficient (Wildman–Crippen LogP) is 3.78. The summed E-state index contributed by atoms with van der Waals surface area (Å²) in [4.78, 5) is 37.1. The van der Waals surface area contributed by atoms with Crippen molar-refractivity contribution < 1.29 is 37.4 Å². The van der Waals surface area contributed by atoms with Gasteiger partial charge in [-0.2, -0.15) is 13.2 Å². The fraction of sp³-hybridized carbons (Fsp3) is 0.375. The summed E-state index contributed by atoms with van der Waals surface area (Å²) < 4.78 is 45.5. The van der Waals surface area contributed by atoms with Crippen LogP contribution in [-0.4, -0.2) is 59.9 Å². The number of carboxylic acid groups (broad SMARTS) is 1. The zero-order valence-electron chi connectivity index (χ0n) is 18.3. The molecule has 2 aliphatic rings. The average Bonchev–Trinajstić information content (AvgIpc) is 3.38. The molecule has 2 amide bonds. The van der Waals surface area contributed by atoms with Gasteiger partial charge in [-0.1, -0.05) is 48.5 Å². The molecule has 7 nitrogen and oxygen atoms in total. The summed E-state index contributed by atoms with van der Waals surface area (Å²) in [5.41, 5.74) is 1.11. The van der Waals surface area contributed by atoms with Crippen LogP contribution in [0, 0.1) is 5.41 Å². The van der Waals surface area contributed by atoms with E-state index in [0.717, 1.165) is 27.2 Å². The standard InChI is InChI=1S/C24H23F3N2O5/c1-14(20(30)29-11-10-23(13-29,21(31)32)24(25,26)27)28-22(33)34-12-19-17-8-4-2-6-15(17)16-7-3-5-9-18(16)19/h2-9,14,19H,10-13H2,1H3,(H,28,33)(H,31,32)/t14-,23?/m0/s1. The molecule has 0 bridgehead atoms. The molecule has 180 valence electrons. The van der Waals surface area contributed by atoms with Crippen LogP contribution in [0.15, 0.2) is 48.5 Å². The number of alkyl halides is 3. The molecule has 2 aromatic rings. The summed E-state index contributed by atoms with van der Waals surface area (Å²) >= 11 is 0. The number of ether oxygens (including phenoxy) is 1. The number of carbonyl (C=O) groups is 3. The van der Waals surface area contributed by atoms with E-state index >= 15 is 0 Å². The maximum atomic E-state index is 13.4. The Kier molecular flexibility index (Phi) is 6.01. The second kappa shape index (κ2) is 8.66. The number of likely N-dealkylation sites (tertiary alicyclic amines) is 1. The molecule has 2 N–H and O–H groups in total. The third-order valence-electron chi connectivity index (χ3n) is 6.58. The van der Waals surface area contributed by atoms with Gasteiger partial charge in [-0.25, -0.2) is 4.79 Å². The van der Waals surface area contributed by atoms with Crippen LogP contribution in [0.4, 0.5) is 18.0 Å².